The first-order chi connectivity index (χ1) is 10.7. The summed E-state index contributed by atoms with van der Waals surface area (Å²) in [5.74, 6) is 3.10. The third-order valence-corrected chi connectivity index (χ3v) is 6.21. The zero-order valence-corrected chi connectivity index (χ0v) is 13.4. The number of halogens is 1. The highest BCUT2D eigenvalue weighted by molar-refractivity contribution is 5.83. The van der Waals surface area contributed by atoms with Gasteiger partial charge in [0.2, 0.25) is 0 Å². The summed E-state index contributed by atoms with van der Waals surface area (Å²) < 4.78 is 14.9. The number of rotatable bonds is 1. The molecule has 2 saturated carbocycles. The minimum Gasteiger partial charge on any atom is -0.206 e. The zero-order valence-electron chi connectivity index (χ0n) is 13.4. The molecule has 4 unspecified atom stereocenters. The lowest BCUT2D eigenvalue weighted by Gasteiger charge is -2.41. The van der Waals surface area contributed by atoms with Gasteiger partial charge in [0, 0.05) is 5.39 Å². The van der Waals surface area contributed by atoms with Crippen LogP contribution in [-0.4, -0.2) is 0 Å². The predicted octanol–water partition coefficient (Wildman–Crippen LogP) is 6.30. The molecule has 1 heteroatoms. The molecule has 2 aliphatic rings. The zero-order chi connectivity index (χ0) is 15.1. The second kappa shape index (κ2) is 5.68. The summed E-state index contributed by atoms with van der Waals surface area (Å²) in [4.78, 5) is 0. The van der Waals surface area contributed by atoms with Crippen LogP contribution in [-0.2, 0) is 0 Å². The molecule has 0 saturated heterocycles. The van der Waals surface area contributed by atoms with Gasteiger partial charge in [-0.25, -0.2) is 4.39 Å². The molecule has 0 nitrogen and oxygen atoms in total. The van der Waals surface area contributed by atoms with Gasteiger partial charge in [0.1, 0.15) is 5.82 Å². The van der Waals surface area contributed by atoms with Crippen molar-refractivity contribution in [2.45, 2.75) is 51.4 Å². The number of benzene rings is 2. The van der Waals surface area contributed by atoms with Crippen LogP contribution < -0.4 is 0 Å². The fraction of sp³-hybridized carbons (Fsp3) is 0.524. The molecular weight excluding hydrogens is 271 g/mol. The molecule has 0 bridgehead atoms. The fourth-order valence-corrected chi connectivity index (χ4v) is 4.97. The van der Waals surface area contributed by atoms with Gasteiger partial charge >= 0.3 is 0 Å². The summed E-state index contributed by atoms with van der Waals surface area (Å²) in [5.41, 5.74) is 0.968. The van der Waals surface area contributed by atoms with Gasteiger partial charge in [-0.15, -0.1) is 0 Å². The molecule has 2 fully saturated rings. The summed E-state index contributed by atoms with van der Waals surface area (Å²) in [7, 11) is 0. The second-order valence-corrected chi connectivity index (χ2v) is 7.64. The van der Waals surface area contributed by atoms with Gasteiger partial charge in [-0.3, -0.25) is 0 Å². The highest BCUT2D eigenvalue weighted by Crippen LogP contribution is 2.48. The van der Waals surface area contributed by atoms with Crippen molar-refractivity contribution >= 4 is 10.8 Å². The van der Waals surface area contributed by atoms with E-state index in [9.17, 15) is 4.39 Å². The summed E-state index contributed by atoms with van der Waals surface area (Å²) in [6, 6.07) is 12.0. The van der Waals surface area contributed by atoms with Crippen LogP contribution in [0.2, 0.25) is 0 Å². The first-order valence-electron chi connectivity index (χ1n) is 8.89. The molecule has 4 rings (SSSR count). The molecule has 2 aromatic rings. The van der Waals surface area contributed by atoms with Crippen LogP contribution in [0.15, 0.2) is 36.4 Å². The molecule has 0 radical (unpaired) electrons. The lowest BCUT2D eigenvalue weighted by Crippen LogP contribution is -2.29. The number of fused-ring (bicyclic) bond motifs is 2. The molecule has 0 amide bonds. The van der Waals surface area contributed by atoms with Crippen LogP contribution in [0, 0.1) is 23.6 Å². The van der Waals surface area contributed by atoms with E-state index in [0.717, 1.165) is 34.1 Å². The summed E-state index contributed by atoms with van der Waals surface area (Å²) in [5, 5.41) is 1.81. The van der Waals surface area contributed by atoms with E-state index in [1.165, 1.54) is 38.5 Å². The van der Waals surface area contributed by atoms with Crippen molar-refractivity contribution < 1.29 is 4.39 Å². The SMILES string of the molecule is CC1CCC2CC(c3ccc4ccccc4c3F)CCC2C1. The van der Waals surface area contributed by atoms with Gasteiger partial charge < -0.3 is 0 Å². The third kappa shape index (κ3) is 2.45. The van der Waals surface area contributed by atoms with Gasteiger partial charge in [0.15, 0.2) is 0 Å². The maximum atomic E-state index is 14.9. The van der Waals surface area contributed by atoms with Crippen molar-refractivity contribution in [2.75, 3.05) is 0 Å². The first-order valence-corrected chi connectivity index (χ1v) is 8.89. The Kier molecular flexibility index (Phi) is 3.68. The van der Waals surface area contributed by atoms with Crippen molar-refractivity contribution in [2.24, 2.45) is 17.8 Å². The van der Waals surface area contributed by atoms with Crippen molar-refractivity contribution in [3.8, 4) is 0 Å². The van der Waals surface area contributed by atoms with Gasteiger partial charge in [-0.1, -0.05) is 49.7 Å². The lowest BCUT2D eigenvalue weighted by atomic mass is 9.64. The Hall–Kier alpha value is -1.37. The standard InChI is InChI=1S/C21H25F/c1-14-6-7-17-13-18(9-8-16(17)12-14)20-11-10-15-4-2-3-5-19(15)21(20)22/h2-5,10-11,14,16-18H,6-9,12-13H2,1H3. The quantitative estimate of drug-likeness (QED) is 0.579. The Balaban J connectivity index is 1.61. The highest BCUT2D eigenvalue weighted by Gasteiger charge is 2.35. The molecule has 22 heavy (non-hydrogen) atoms. The Morgan fingerprint density at radius 1 is 0.864 bits per heavy atom. The fourth-order valence-electron chi connectivity index (χ4n) is 4.97. The second-order valence-electron chi connectivity index (χ2n) is 7.64. The van der Waals surface area contributed by atoms with Crippen molar-refractivity contribution in [1.29, 1.82) is 0 Å². The molecule has 0 aliphatic heterocycles. The Bertz CT molecular complexity index is 675. The minimum absolute atomic E-state index is 0.0331. The van der Waals surface area contributed by atoms with E-state index >= 15 is 0 Å². The van der Waals surface area contributed by atoms with E-state index in [0.29, 0.717) is 5.92 Å². The molecule has 2 aliphatic carbocycles. The van der Waals surface area contributed by atoms with Crippen molar-refractivity contribution in [1.82, 2.24) is 0 Å². The molecule has 4 atom stereocenters. The predicted molar refractivity (Wildman–Crippen MR) is 90.5 cm³/mol. The Morgan fingerprint density at radius 3 is 2.55 bits per heavy atom. The molecule has 0 heterocycles. The topological polar surface area (TPSA) is 0 Å². The molecular formula is C21H25F. The highest BCUT2D eigenvalue weighted by atomic mass is 19.1. The van der Waals surface area contributed by atoms with E-state index in [1.807, 2.05) is 30.3 Å². The maximum absolute atomic E-state index is 14.9. The lowest BCUT2D eigenvalue weighted by molar-refractivity contribution is 0.124. The average Bonchev–Trinajstić information content (AvgIpc) is 2.55. The van der Waals surface area contributed by atoms with Gasteiger partial charge in [0.05, 0.1) is 0 Å². The van der Waals surface area contributed by atoms with Crippen LogP contribution in [0.5, 0.6) is 0 Å². The molecule has 0 aromatic heterocycles. The molecule has 0 N–H and O–H groups in total. The minimum atomic E-state index is 0.0331. The summed E-state index contributed by atoms with van der Waals surface area (Å²) >= 11 is 0. The van der Waals surface area contributed by atoms with E-state index in [4.69, 9.17) is 0 Å². The van der Waals surface area contributed by atoms with Crippen LogP contribution in [0.3, 0.4) is 0 Å². The third-order valence-electron chi connectivity index (χ3n) is 6.21. The van der Waals surface area contributed by atoms with E-state index in [-0.39, 0.29) is 5.82 Å². The van der Waals surface area contributed by atoms with Crippen molar-refractivity contribution in [3.05, 3.63) is 47.8 Å². The first kappa shape index (κ1) is 14.2. The smallest absolute Gasteiger partial charge is 0.134 e. The van der Waals surface area contributed by atoms with Crippen LogP contribution in [0.1, 0.15) is 56.9 Å². The van der Waals surface area contributed by atoms with Crippen LogP contribution in [0.4, 0.5) is 4.39 Å². The summed E-state index contributed by atoms with van der Waals surface area (Å²) in [6.07, 6.45) is 7.80. The van der Waals surface area contributed by atoms with Gasteiger partial charge in [-0.2, -0.15) is 0 Å². The van der Waals surface area contributed by atoms with Gasteiger partial charge in [-0.05, 0) is 66.7 Å². The number of hydrogen-bond donors (Lipinski definition) is 0. The van der Waals surface area contributed by atoms with E-state index in [2.05, 4.69) is 13.0 Å². The van der Waals surface area contributed by atoms with E-state index in [1.54, 1.807) is 0 Å². The number of hydrogen-bond acceptors (Lipinski definition) is 0. The molecule has 116 valence electrons. The van der Waals surface area contributed by atoms with E-state index < -0.39 is 0 Å². The Morgan fingerprint density at radius 2 is 1.64 bits per heavy atom. The molecule has 0 spiro atoms. The van der Waals surface area contributed by atoms with Crippen LogP contribution in [0.25, 0.3) is 10.8 Å². The molecule has 2 aromatic carbocycles. The normalized spacial score (nSPS) is 31.9. The average molecular weight is 296 g/mol. The summed E-state index contributed by atoms with van der Waals surface area (Å²) in [6.45, 7) is 2.39. The van der Waals surface area contributed by atoms with Gasteiger partial charge in [0.25, 0.3) is 0 Å². The van der Waals surface area contributed by atoms with Crippen LogP contribution >= 0.6 is 0 Å². The Labute approximate surface area is 132 Å². The van der Waals surface area contributed by atoms with Crippen molar-refractivity contribution in [3.63, 3.8) is 0 Å². The monoisotopic (exact) mass is 296 g/mol. The largest absolute Gasteiger partial charge is 0.206 e. The maximum Gasteiger partial charge on any atom is 0.134 e.